The van der Waals surface area contributed by atoms with E-state index in [1.54, 1.807) is 0 Å². The van der Waals surface area contributed by atoms with Gasteiger partial charge in [-0.3, -0.25) is 11.3 Å². The van der Waals surface area contributed by atoms with Crippen molar-refractivity contribution in [2.24, 2.45) is 11.8 Å². The number of halogens is 4. The van der Waals surface area contributed by atoms with Crippen LogP contribution in [-0.2, 0) is 9.47 Å². The Balaban J connectivity index is 1.80. The van der Waals surface area contributed by atoms with Crippen LogP contribution in [0.25, 0.3) is 0 Å². The van der Waals surface area contributed by atoms with Gasteiger partial charge in [0.25, 0.3) is 0 Å². The van der Waals surface area contributed by atoms with Gasteiger partial charge in [-0.2, -0.15) is 8.78 Å². The zero-order valence-electron chi connectivity index (χ0n) is 11.8. The molecule has 21 heavy (non-hydrogen) atoms. The van der Waals surface area contributed by atoms with Gasteiger partial charge in [0.15, 0.2) is 0 Å². The molecule has 1 saturated heterocycles. The second-order valence-corrected chi connectivity index (χ2v) is 5.99. The Kier molecular flexibility index (Phi) is 5.45. The Hall–Kier alpha value is -0.440. The van der Waals surface area contributed by atoms with Crippen molar-refractivity contribution in [3.8, 4) is 0 Å². The highest BCUT2D eigenvalue weighted by Crippen LogP contribution is 2.44. The maximum atomic E-state index is 12.8. The third kappa shape index (κ3) is 4.06. The van der Waals surface area contributed by atoms with Crippen molar-refractivity contribution >= 4 is 0 Å². The minimum Gasteiger partial charge on any atom is -0.375 e. The Bertz CT molecular complexity index is 340. The van der Waals surface area contributed by atoms with Crippen LogP contribution >= 0.6 is 0 Å². The monoisotopic (exact) mass is 314 g/mol. The van der Waals surface area contributed by atoms with Crippen LogP contribution in [0.15, 0.2) is 0 Å². The fourth-order valence-corrected chi connectivity index (χ4v) is 3.03. The standard InChI is InChI=1S/C13H22F4N2O2/c14-11(15)13(16,17)8-20-7-10(19-18)9-2-5-21-12(6-9)3-1-4-12/h9-11,19H,1-8,18H2. The lowest BCUT2D eigenvalue weighted by Gasteiger charge is -2.48. The van der Waals surface area contributed by atoms with Crippen LogP contribution in [0.4, 0.5) is 17.6 Å². The Morgan fingerprint density at radius 2 is 2.10 bits per heavy atom. The molecule has 2 atom stereocenters. The van der Waals surface area contributed by atoms with Gasteiger partial charge >= 0.3 is 12.3 Å². The second kappa shape index (κ2) is 6.76. The van der Waals surface area contributed by atoms with Crippen molar-refractivity contribution in [3.05, 3.63) is 0 Å². The average molecular weight is 314 g/mol. The number of alkyl halides is 4. The van der Waals surface area contributed by atoms with Crippen molar-refractivity contribution in [1.29, 1.82) is 0 Å². The quantitative estimate of drug-likeness (QED) is 0.429. The number of hydrogen-bond donors (Lipinski definition) is 2. The van der Waals surface area contributed by atoms with Crippen LogP contribution < -0.4 is 11.3 Å². The van der Waals surface area contributed by atoms with E-state index in [4.69, 9.17) is 15.3 Å². The molecule has 0 bridgehead atoms. The lowest BCUT2D eigenvalue weighted by Crippen LogP contribution is -2.53. The summed E-state index contributed by atoms with van der Waals surface area (Å²) < 4.78 is 60.2. The number of nitrogens with two attached hydrogens (primary N) is 1. The van der Waals surface area contributed by atoms with Gasteiger partial charge in [-0.1, -0.05) is 0 Å². The van der Waals surface area contributed by atoms with E-state index in [1.165, 1.54) is 0 Å². The summed E-state index contributed by atoms with van der Waals surface area (Å²) in [6.45, 7) is -0.799. The van der Waals surface area contributed by atoms with Gasteiger partial charge in [0.2, 0.25) is 0 Å². The number of ether oxygens (including phenoxy) is 2. The molecule has 3 N–H and O–H groups in total. The summed E-state index contributed by atoms with van der Waals surface area (Å²) in [7, 11) is 0. The molecule has 0 aromatic heterocycles. The summed E-state index contributed by atoms with van der Waals surface area (Å²) >= 11 is 0. The highest BCUT2D eigenvalue weighted by atomic mass is 19.3. The van der Waals surface area contributed by atoms with Crippen molar-refractivity contribution in [2.75, 3.05) is 19.8 Å². The molecule has 1 heterocycles. The van der Waals surface area contributed by atoms with E-state index in [9.17, 15) is 17.6 Å². The van der Waals surface area contributed by atoms with Crippen LogP contribution in [0.5, 0.6) is 0 Å². The zero-order valence-corrected chi connectivity index (χ0v) is 11.8. The maximum Gasteiger partial charge on any atom is 0.330 e. The van der Waals surface area contributed by atoms with Crippen LogP contribution in [0.3, 0.4) is 0 Å². The fraction of sp³-hybridized carbons (Fsp3) is 1.00. The van der Waals surface area contributed by atoms with Gasteiger partial charge in [0, 0.05) is 12.6 Å². The number of hydrazine groups is 1. The summed E-state index contributed by atoms with van der Waals surface area (Å²) in [5.41, 5.74) is 2.47. The smallest absolute Gasteiger partial charge is 0.330 e. The lowest BCUT2D eigenvalue weighted by atomic mass is 9.70. The molecule has 2 unspecified atom stereocenters. The summed E-state index contributed by atoms with van der Waals surface area (Å²) in [4.78, 5) is 0. The molecule has 2 aliphatic rings. The molecule has 1 aliphatic carbocycles. The van der Waals surface area contributed by atoms with E-state index < -0.39 is 19.0 Å². The van der Waals surface area contributed by atoms with Gasteiger partial charge in [-0.25, -0.2) is 8.78 Å². The average Bonchev–Trinajstić information content (AvgIpc) is 2.42. The number of hydrogen-bond acceptors (Lipinski definition) is 4. The van der Waals surface area contributed by atoms with Crippen molar-refractivity contribution in [2.45, 2.75) is 56.1 Å². The molecule has 2 fully saturated rings. The third-order valence-corrected chi connectivity index (χ3v) is 4.49. The molecule has 0 aromatic rings. The highest BCUT2D eigenvalue weighted by molar-refractivity contribution is 4.96. The Labute approximate surface area is 121 Å². The van der Waals surface area contributed by atoms with Crippen molar-refractivity contribution in [3.63, 3.8) is 0 Å². The van der Waals surface area contributed by atoms with Gasteiger partial charge in [-0.15, -0.1) is 0 Å². The first-order valence-electron chi connectivity index (χ1n) is 7.22. The first-order valence-corrected chi connectivity index (χ1v) is 7.22. The topological polar surface area (TPSA) is 56.5 Å². The van der Waals surface area contributed by atoms with E-state index >= 15 is 0 Å². The van der Waals surface area contributed by atoms with Gasteiger partial charge in [0.05, 0.1) is 12.2 Å². The van der Waals surface area contributed by atoms with Crippen LogP contribution in [0, 0.1) is 5.92 Å². The van der Waals surface area contributed by atoms with Crippen molar-refractivity contribution < 1.29 is 27.0 Å². The summed E-state index contributed by atoms with van der Waals surface area (Å²) in [5, 5.41) is 0. The Morgan fingerprint density at radius 3 is 2.62 bits per heavy atom. The van der Waals surface area contributed by atoms with Gasteiger partial charge in [-0.05, 0) is 38.0 Å². The Morgan fingerprint density at radius 1 is 1.38 bits per heavy atom. The predicted molar refractivity (Wildman–Crippen MR) is 68.1 cm³/mol. The zero-order chi connectivity index (χ0) is 15.5. The van der Waals surface area contributed by atoms with Crippen LogP contribution in [0.1, 0.15) is 32.1 Å². The molecule has 1 aliphatic heterocycles. The number of rotatable bonds is 7. The molecule has 2 rings (SSSR count). The first-order chi connectivity index (χ1) is 9.88. The second-order valence-electron chi connectivity index (χ2n) is 5.99. The van der Waals surface area contributed by atoms with Gasteiger partial charge < -0.3 is 9.47 Å². The molecule has 0 aromatic carbocycles. The van der Waals surface area contributed by atoms with Gasteiger partial charge in [0.1, 0.15) is 6.61 Å². The van der Waals surface area contributed by atoms with E-state index in [-0.39, 0.29) is 24.2 Å². The van der Waals surface area contributed by atoms with E-state index in [1.807, 2.05) is 0 Å². The fourth-order valence-electron chi connectivity index (χ4n) is 3.03. The summed E-state index contributed by atoms with van der Waals surface area (Å²) in [5.74, 6) is 1.48. The summed E-state index contributed by atoms with van der Waals surface area (Å²) in [6.07, 6.45) is 0.978. The normalized spacial score (nSPS) is 26.9. The van der Waals surface area contributed by atoms with E-state index in [0.717, 1.165) is 32.1 Å². The lowest BCUT2D eigenvalue weighted by molar-refractivity contribution is -0.172. The molecular weight excluding hydrogens is 292 g/mol. The molecule has 8 heteroatoms. The predicted octanol–water partition coefficient (Wildman–Crippen LogP) is 2.08. The molecule has 0 amide bonds. The molecule has 4 nitrogen and oxygen atoms in total. The molecule has 0 radical (unpaired) electrons. The van der Waals surface area contributed by atoms with Crippen LogP contribution in [-0.4, -0.2) is 43.8 Å². The minimum absolute atomic E-state index is 0.0923. The van der Waals surface area contributed by atoms with Crippen molar-refractivity contribution in [1.82, 2.24) is 5.43 Å². The number of nitrogens with one attached hydrogen (secondary N) is 1. The molecule has 1 saturated carbocycles. The first kappa shape index (κ1) is 16.9. The molecule has 1 spiro atoms. The molecular formula is C13H22F4N2O2. The third-order valence-electron chi connectivity index (χ3n) is 4.49. The molecule has 124 valence electrons. The minimum atomic E-state index is -4.12. The van der Waals surface area contributed by atoms with E-state index in [2.05, 4.69) is 5.43 Å². The highest BCUT2D eigenvalue weighted by Gasteiger charge is 2.45. The SMILES string of the molecule is NNC(COCC(F)(F)C(F)F)C1CCOC2(CCC2)C1. The van der Waals surface area contributed by atoms with Crippen LogP contribution in [0.2, 0.25) is 0 Å². The van der Waals surface area contributed by atoms with E-state index in [0.29, 0.717) is 6.61 Å². The largest absolute Gasteiger partial charge is 0.375 e. The maximum absolute atomic E-state index is 12.8. The summed E-state index contributed by atoms with van der Waals surface area (Å²) in [6, 6.07) is -0.333.